The summed E-state index contributed by atoms with van der Waals surface area (Å²) in [5.41, 5.74) is 1.38. The molecule has 7 nitrogen and oxygen atoms in total. The highest BCUT2D eigenvalue weighted by Crippen LogP contribution is 2.39. The Morgan fingerprint density at radius 1 is 1.17 bits per heavy atom. The van der Waals surface area contributed by atoms with E-state index in [2.05, 4.69) is 10.6 Å². The largest absolute Gasteiger partial charge is 0.384 e. The van der Waals surface area contributed by atoms with Gasteiger partial charge in [0.25, 0.3) is 5.91 Å². The molecule has 7 heteroatoms. The summed E-state index contributed by atoms with van der Waals surface area (Å²) in [5.74, 6) is -1.48. The molecule has 2 saturated heterocycles. The highest BCUT2D eigenvalue weighted by Gasteiger charge is 2.53. The lowest BCUT2D eigenvalue weighted by Gasteiger charge is -2.30. The summed E-state index contributed by atoms with van der Waals surface area (Å²) in [6.07, 6.45) is 1.22. The second kappa shape index (κ2) is 5.15. The van der Waals surface area contributed by atoms with Crippen molar-refractivity contribution in [3.63, 3.8) is 0 Å². The molecule has 1 unspecified atom stereocenters. The van der Waals surface area contributed by atoms with Crippen molar-refractivity contribution in [2.45, 2.75) is 25.7 Å². The van der Waals surface area contributed by atoms with Gasteiger partial charge in [0.1, 0.15) is 0 Å². The highest BCUT2D eigenvalue weighted by molar-refractivity contribution is 6.11. The van der Waals surface area contributed by atoms with Crippen molar-refractivity contribution >= 4 is 29.3 Å². The van der Waals surface area contributed by atoms with Crippen LogP contribution in [0.5, 0.6) is 0 Å². The number of hydrogen-bond donors (Lipinski definition) is 2. The Balaban J connectivity index is 1.63. The maximum Gasteiger partial charge on any atom is 0.260 e. The third-order valence-electron chi connectivity index (χ3n) is 5.16. The molecular formula is C17H17N3O4. The first-order valence-electron chi connectivity index (χ1n) is 8.05. The summed E-state index contributed by atoms with van der Waals surface area (Å²) < 4.78 is 0. The van der Waals surface area contributed by atoms with E-state index in [-0.39, 0.29) is 37.1 Å². The first kappa shape index (κ1) is 14.9. The fourth-order valence-electron chi connectivity index (χ4n) is 3.81. The van der Waals surface area contributed by atoms with Crippen LogP contribution in [-0.2, 0) is 20.8 Å². The average Bonchev–Trinajstić information content (AvgIpc) is 3.16. The number of benzene rings is 1. The molecule has 1 atom stereocenters. The van der Waals surface area contributed by atoms with E-state index in [1.165, 1.54) is 4.90 Å². The molecular weight excluding hydrogens is 310 g/mol. The minimum Gasteiger partial charge on any atom is -0.384 e. The van der Waals surface area contributed by atoms with Gasteiger partial charge in [0.15, 0.2) is 0 Å². The second-order valence-electron chi connectivity index (χ2n) is 6.63. The van der Waals surface area contributed by atoms with Crippen LogP contribution in [0.1, 0.15) is 35.2 Å². The van der Waals surface area contributed by atoms with Crippen molar-refractivity contribution in [1.29, 1.82) is 0 Å². The Hall–Kier alpha value is -2.70. The number of likely N-dealkylation sites (tertiary alicyclic amines) is 1. The van der Waals surface area contributed by atoms with Gasteiger partial charge >= 0.3 is 0 Å². The Bertz CT molecular complexity index is 788. The van der Waals surface area contributed by atoms with Gasteiger partial charge in [-0.05, 0) is 30.5 Å². The summed E-state index contributed by atoms with van der Waals surface area (Å²) in [7, 11) is 0. The summed E-state index contributed by atoms with van der Waals surface area (Å²) in [4.78, 5) is 50.1. The van der Waals surface area contributed by atoms with Crippen molar-refractivity contribution in [2.24, 2.45) is 5.41 Å². The van der Waals surface area contributed by atoms with Gasteiger partial charge in [-0.15, -0.1) is 0 Å². The fourth-order valence-corrected chi connectivity index (χ4v) is 3.81. The van der Waals surface area contributed by atoms with Crippen LogP contribution in [0.25, 0.3) is 0 Å². The van der Waals surface area contributed by atoms with Crippen molar-refractivity contribution < 1.29 is 19.2 Å². The molecule has 0 aromatic heterocycles. The van der Waals surface area contributed by atoms with Gasteiger partial charge in [-0.1, -0.05) is 6.07 Å². The Labute approximate surface area is 138 Å². The van der Waals surface area contributed by atoms with E-state index in [4.69, 9.17) is 0 Å². The van der Waals surface area contributed by atoms with Crippen LogP contribution in [0.15, 0.2) is 18.2 Å². The number of rotatable bonds is 1. The molecule has 3 heterocycles. The molecule has 2 fully saturated rings. The van der Waals surface area contributed by atoms with Crippen LogP contribution in [-0.4, -0.2) is 41.6 Å². The molecule has 1 aromatic carbocycles. The maximum absolute atomic E-state index is 12.9. The van der Waals surface area contributed by atoms with Crippen LogP contribution < -0.4 is 10.6 Å². The molecule has 124 valence electrons. The van der Waals surface area contributed by atoms with Crippen molar-refractivity contribution in [1.82, 2.24) is 10.2 Å². The molecule has 24 heavy (non-hydrogen) atoms. The molecule has 1 spiro atoms. The van der Waals surface area contributed by atoms with Gasteiger partial charge in [0, 0.05) is 37.2 Å². The predicted molar refractivity (Wildman–Crippen MR) is 84.1 cm³/mol. The second-order valence-corrected chi connectivity index (χ2v) is 6.63. The molecule has 4 amide bonds. The third kappa shape index (κ3) is 2.11. The molecule has 3 aliphatic rings. The zero-order valence-corrected chi connectivity index (χ0v) is 13.1. The summed E-state index contributed by atoms with van der Waals surface area (Å²) in [5, 5.41) is 5.50. The standard InChI is InChI=1S/C17H17N3O4/c21-13-4-6-17(16(24)19-13)8-14(22)20(9-17)15(23)11-2-1-3-12-10(11)5-7-18-12/h1-3,18H,4-9H2,(H,19,21,24). The fraction of sp³-hybridized carbons (Fsp3) is 0.412. The van der Waals surface area contributed by atoms with Crippen molar-refractivity contribution in [2.75, 3.05) is 18.4 Å². The third-order valence-corrected chi connectivity index (χ3v) is 5.16. The monoisotopic (exact) mass is 327 g/mol. The topological polar surface area (TPSA) is 95.6 Å². The SMILES string of the molecule is O=C1CCC2(CC(=O)N(C(=O)c3cccc4c3CCN4)C2)C(=O)N1. The van der Waals surface area contributed by atoms with Gasteiger partial charge in [0.2, 0.25) is 17.7 Å². The number of hydrogen-bond acceptors (Lipinski definition) is 5. The van der Waals surface area contributed by atoms with Gasteiger partial charge in [-0.3, -0.25) is 29.4 Å². The summed E-state index contributed by atoms with van der Waals surface area (Å²) in [6, 6.07) is 5.41. The van der Waals surface area contributed by atoms with Gasteiger partial charge < -0.3 is 5.32 Å². The van der Waals surface area contributed by atoms with Gasteiger partial charge in [0.05, 0.1) is 5.41 Å². The molecule has 0 saturated carbocycles. The van der Waals surface area contributed by atoms with E-state index >= 15 is 0 Å². The lowest BCUT2D eigenvalue weighted by atomic mass is 9.79. The van der Waals surface area contributed by atoms with E-state index in [9.17, 15) is 19.2 Å². The maximum atomic E-state index is 12.9. The zero-order chi connectivity index (χ0) is 16.9. The number of nitrogens with zero attached hydrogens (tertiary/aromatic N) is 1. The molecule has 3 aliphatic heterocycles. The van der Waals surface area contributed by atoms with Crippen molar-refractivity contribution in [3.05, 3.63) is 29.3 Å². The van der Waals surface area contributed by atoms with Crippen LogP contribution in [0, 0.1) is 5.41 Å². The molecule has 0 aliphatic carbocycles. The van der Waals surface area contributed by atoms with Crippen LogP contribution >= 0.6 is 0 Å². The number of nitrogens with one attached hydrogen (secondary N) is 2. The first-order valence-corrected chi connectivity index (χ1v) is 8.05. The number of amides is 4. The number of carbonyl (C=O) groups is 4. The normalized spacial score (nSPS) is 25.7. The van der Waals surface area contributed by atoms with Crippen LogP contribution in [0.4, 0.5) is 5.69 Å². The number of fused-ring (bicyclic) bond motifs is 1. The van der Waals surface area contributed by atoms with E-state index in [1.54, 1.807) is 12.1 Å². The smallest absolute Gasteiger partial charge is 0.260 e. The Morgan fingerprint density at radius 2 is 2.00 bits per heavy atom. The lowest BCUT2D eigenvalue weighted by molar-refractivity contribution is -0.142. The quantitative estimate of drug-likeness (QED) is 0.730. The highest BCUT2D eigenvalue weighted by atomic mass is 16.2. The molecule has 0 radical (unpaired) electrons. The summed E-state index contributed by atoms with van der Waals surface area (Å²) >= 11 is 0. The zero-order valence-electron chi connectivity index (χ0n) is 13.1. The van der Waals surface area contributed by atoms with Crippen LogP contribution in [0.3, 0.4) is 0 Å². The Morgan fingerprint density at radius 3 is 2.79 bits per heavy atom. The van der Waals surface area contributed by atoms with Gasteiger partial charge in [-0.2, -0.15) is 0 Å². The van der Waals surface area contributed by atoms with E-state index in [0.29, 0.717) is 12.0 Å². The number of anilines is 1. The van der Waals surface area contributed by atoms with E-state index in [1.807, 2.05) is 6.07 Å². The first-order chi connectivity index (χ1) is 11.5. The van der Waals surface area contributed by atoms with Crippen LogP contribution in [0.2, 0.25) is 0 Å². The van der Waals surface area contributed by atoms with E-state index < -0.39 is 11.3 Å². The minimum absolute atomic E-state index is 0.0227. The predicted octanol–water partition coefficient (Wildman–Crippen LogP) is 0.450. The Kier molecular flexibility index (Phi) is 3.19. The minimum atomic E-state index is -0.961. The number of piperidine rings is 1. The average molecular weight is 327 g/mol. The number of imide groups is 2. The summed E-state index contributed by atoms with van der Waals surface area (Å²) in [6.45, 7) is 0.808. The molecule has 1 aromatic rings. The molecule has 0 bridgehead atoms. The van der Waals surface area contributed by atoms with E-state index in [0.717, 1.165) is 24.2 Å². The van der Waals surface area contributed by atoms with Gasteiger partial charge in [-0.25, -0.2) is 0 Å². The van der Waals surface area contributed by atoms with Crippen molar-refractivity contribution in [3.8, 4) is 0 Å². The molecule has 2 N–H and O–H groups in total. The lowest BCUT2D eigenvalue weighted by Crippen LogP contribution is -2.50. The molecule has 4 rings (SSSR count). The number of carbonyl (C=O) groups excluding carboxylic acids is 4.